The number of alkyl halides is 2. The average molecular weight is 745 g/mol. The number of benzene rings is 1. The zero-order valence-electron chi connectivity index (χ0n) is 27.3. The van der Waals surface area contributed by atoms with Crippen molar-refractivity contribution in [3.63, 3.8) is 0 Å². The van der Waals surface area contributed by atoms with Gasteiger partial charge in [-0.3, -0.25) is 19.1 Å². The van der Waals surface area contributed by atoms with Gasteiger partial charge >= 0.3 is 0 Å². The summed E-state index contributed by atoms with van der Waals surface area (Å²) in [4.78, 5) is 47.3. The number of hydrogen-bond donors (Lipinski definition) is 4. The average Bonchev–Trinajstić information content (AvgIpc) is 3.92. The molecule has 3 aliphatic rings. The summed E-state index contributed by atoms with van der Waals surface area (Å²) < 4.78 is 65.9. The molecule has 13 nitrogen and oxygen atoms in total. The van der Waals surface area contributed by atoms with E-state index in [1.165, 1.54) is 18.2 Å². The number of amides is 3. The first-order valence-electron chi connectivity index (χ1n) is 15.7. The van der Waals surface area contributed by atoms with Gasteiger partial charge in [0.2, 0.25) is 34.1 Å². The Kier molecular flexibility index (Phi) is 10.2. The molecular formula is C31H39ClF2N6O7S2. The van der Waals surface area contributed by atoms with Gasteiger partial charge in [-0.05, 0) is 61.0 Å². The van der Waals surface area contributed by atoms with Crippen LogP contribution < -0.4 is 30.6 Å². The van der Waals surface area contributed by atoms with Crippen LogP contribution in [-0.4, -0.2) is 90.2 Å². The van der Waals surface area contributed by atoms with Gasteiger partial charge in [-0.2, -0.15) is 0 Å². The fraction of sp³-hybridized carbons (Fsp3) is 0.581. The summed E-state index contributed by atoms with van der Waals surface area (Å²) in [6.45, 7) is 5.20. The second-order valence-electron chi connectivity index (χ2n) is 13.8. The largest absolute Gasteiger partial charge is 0.494 e. The number of sulfonamides is 1. The molecule has 3 amide bonds. The third-order valence-corrected chi connectivity index (χ3v) is 11.2. The van der Waals surface area contributed by atoms with Crippen molar-refractivity contribution in [2.45, 2.75) is 88.3 Å². The summed E-state index contributed by atoms with van der Waals surface area (Å²) in [5, 5.41) is 6.03. The molecule has 0 spiro atoms. The highest BCUT2D eigenvalue weighted by molar-refractivity contribution is 7.91. The van der Waals surface area contributed by atoms with Gasteiger partial charge in [0.05, 0.1) is 25.1 Å². The summed E-state index contributed by atoms with van der Waals surface area (Å²) in [7, 11) is -2.56. The summed E-state index contributed by atoms with van der Waals surface area (Å²) in [5.41, 5.74) is 3.10. The normalized spacial score (nSPS) is 24.3. The number of carbonyl (C=O) groups excluding carboxylic acids is 3. The molecule has 5 rings (SSSR count). The van der Waals surface area contributed by atoms with E-state index in [0.29, 0.717) is 34.4 Å². The van der Waals surface area contributed by atoms with Crippen LogP contribution in [0.15, 0.2) is 24.4 Å². The number of hydrogen-bond acceptors (Lipinski definition) is 9. The number of nitrogens with one attached hydrogen (secondary N) is 3. The van der Waals surface area contributed by atoms with Crippen molar-refractivity contribution in [2.75, 3.05) is 13.7 Å². The second kappa shape index (κ2) is 13.6. The number of ether oxygens (including phenoxy) is 2. The highest BCUT2D eigenvalue weighted by atomic mass is 35.5. The molecule has 3 fully saturated rings. The molecule has 1 aliphatic heterocycles. The van der Waals surface area contributed by atoms with E-state index in [2.05, 4.69) is 15.6 Å². The van der Waals surface area contributed by atoms with Crippen molar-refractivity contribution in [3.8, 4) is 11.6 Å². The molecule has 0 unspecified atom stereocenters. The number of nitrogens with two attached hydrogens (primary N) is 1. The minimum Gasteiger partial charge on any atom is -0.494 e. The van der Waals surface area contributed by atoms with E-state index in [1.807, 2.05) is 4.72 Å². The number of methoxy groups -OCH3 is 1. The van der Waals surface area contributed by atoms with Crippen LogP contribution in [0.3, 0.4) is 0 Å². The zero-order chi connectivity index (χ0) is 36.1. The van der Waals surface area contributed by atoms with Crippen molar-refractivity contribution in [3.05, 3.63) is 29.4 Å². The molecule has 2 saturated carbocycles. The Hall–Kier alpha value is -3.57. The number of fused-ring (bicyclic) bond motifs is 1. The molecule has 18 heteroatoms. The van der Waals surface area contributed by atoms with Crippen LogP contribution in [0.5, 0.6) is 11.6 Å². The van der Waals surface area contributed by atoms with Crippen LogP contribution in [-0.2, 0) is 24.4 Å². The topological polar surface area (TPSA) is 182 Å². The molecule has 2 heterocycles. The lowest BCUT2D eigenvalue weighted by Crippen LogP contribution is -2.60. The van der Waals surface area contributed by atoms with Crippen molar-refractivity contribution in [2.24, 2.45) is 17.1 Å². The molecule has 1 saturated heterocycles. The van der Waals surface area contributed by atoms with Crippen molar-refractivity contribution in [1.29, 1.82) is 0 Å². The Bertz CT molecular complexity index is 1770. The van der Waals surface area contributed by atoms with Gasteiger partial charge in [0.1, 0.15) is 29.5 Å². The van der Waals surface area contributed by atoms with Crippen LogP contribution in [0.4, 0.5) is 8.78 Å². The standard InChI is InChI=1S/C31H39ClF2N6O7S2/c1-30(2,3)24(37-29(35)48)27(42)40-14-17(47-26-20-10-16(32)5-8-19(20)22(46-4)13-36-26)11-21(40)25(41)38-31(12-15(31)9-23(33)34)28(43)39-49(44,45)18-6-7-18/h5,8,10,13,15,17-18,21,23-24H,6-7,9,11-12,14H2,1-4H3,(H,38,41)(H,39,43)(H3,35,37,48)/t15-,17-,21+,24-,31-/m1/s1. The van der Waals surface area contributed by atoms with Gasteiger partial charge in [-0.25, -0.2) is 22.2 Å². The predicted molar refractivity (Wildman–Crippen MR) is 181 cm³/mol. The highest BCUT2D eigenvalue weighted by Gasteiger charge is 2.63. The van der Waals surface area contributed by atoms with Crippen molar-refractivity contribution in [1.82, 2.24) is 25.2 Å². The molecular weight excluding hydrogens is 706 g/mol. The first kappa shape index (κ1) is 36.7. The van der Waals surface area contributed by atoms with Crippen LogP contribution in [0.1, 0.15) is 52.9 Å². The van der Waals surface area contributed by atoms with Crippen molar-refractivity contribution < 1.29 is 41.1 Å². The molecule has 268 valence electrons. The smallest absolute Gasteiger partial charge is 0.259 e. The molecule has 2 aliphatic carbocycles. The fourth-order valence-corrected chi connectivity index (χ4v) is 7.87. The first-order chi connectivity index (χ1) is 22.9. The molecule has 49 heavy (non-hydrogen) atoms. The van der Waals surface area contributed by atoms with Crippen molar-refractivity contribution >= 4 is 67.4 Å². The monoisotopic (exact) mass is 744 g/mol. The number of pyridine rings is 1. The third kappa shape index (κ3) is 7.93. The second-order valence-corrected chi connectivity index (χ2v) is 16.6. The number of likely N-dealkylation sites (tertiary alicyclic amines) is 1. The van der Waals surface area contributed by atoms with Crippen LogP contribution in [0, 0.1) is 11.3 Å². The Morgan fingerprint density at radius 3 is 2.51 bits per heavy atom. The lowest BCUT2D eigenvalue weighted by molar-refractivity contribution is -0.142. The maximum absolute atomic E-state index is 14.2. The molecule has 0 radical (unpaired) electrons. The van der Waals surface area contributed by atoms with E-state index in [-0.39, 0.29) is 30.4 Å². The van der Waals surface area contributed by atoms with E-state index >= 15 is 0 Å². The highest BCUT2D eigenvalue weighted by Crippen LogP contribution is 2.48. The number of rotatable bonds is 12. The number of halogens is 3. The van der Waals surface area contributed by atoms with E-state index in [0.717, 1.165) is 0 Å². The maximum Gasteiger partial charge on any atom is 0.259 e. The predicted octanol–water partition coefficient (Wildman–Crippen LogP) is 2.63. The number of aromatic nitrogens is 1. The lowest BCUT2D eigenvalue weighted by atomic mass is 9.85. The minimum absolute atomic E-state index is 0.0884. The van der Waals surface area contributed by atoms with E-state index < -0.39 is 80.9 Å². The van der Waals surface area contributed by atoms with E-state index in [1.54, 1.807) is 39.0 Å². The summed E-state index contributed by atoms with van der Waals surface area (Å²) in [5.74, 6) is -2.89. The molecule has 2 aromatic rings. The molecule has 1 aromatic carbocycles. The molecule has 0 bridgehead atoms. The van der Waals surface area contributed by atoms with E-state index in [4.69, 9.17) is 39.0 Å². The Labute approximate surface area is 293 Å². The van der Waals surface area contributed by atoms with E-state index in [9.17, 15) is 31.6 Å². The van der Waals surface area contributed by atoms with Crippen LogP contribution >= 0.6 is 23.8 Å². The number of thiocarbonyl (C=S) groups is 1. The van der Waals surface area contributed by atoms with Gasteiger partial charge in [-0.15, -0.1) is 0 Å². The van der Waals surface area contributed by atoms with Crippen LogP contribution in [0.2, 0.25) is 5.02 Å². The van der Waals surface area contributed by atoms with Gasteiger partial charge in [0.15, 0.2) is 5.11 Å². The molecule has 5 N–H and O–H groups in total. The third-order valence-electron chi connectivity index (χ3n) is 9.04. The molecule has 1 aromatic heterocycles. The Morgan fingerprint density at radius 1 is 1.22 bits per heavy atom. The number of carbonyl (C=O) groups is 3. The SMILES string of the molecule is COc1cnc(O[C@@H]2C[C@@H](C(=O)N[C@]3(C(=O)NS(=O)(=O)C4CC4)C[C@H]3CC(F)F)N(C(=O)[C@@H](NC(N)=S)C(C)(C)C)C2)c2cc(Cl)ccc12. The first-order valence-corrected chi connectivity index (χ1v) is 18.0. The Balaban J connectivity index is 1.46. The van der Waals surface area contributed by atoms with Gasteiger partial charge in [0, 0.05) is 28.6 Å². The van der Waals surface area contributed by atoms with Gasteiger partial charge in [0.25, 0.3) is 5.91 Å². The quantitative estimate of drug-likeness (QED) is 0.235. The summed E-state index contributed by atoms with van der Waals surface area (Å²) in [6.07, 6.45) is -2.46. The zero-order valence-corrected chi connectivity index (χ0v) is 29.7. The fourth-order valence-electron chi connectivity index (χ4n) is 6.21. The maximum atomic E-state index is 14.2. The lowest BCUT2D eigenvalue weighted by Gasteiger charge is -2.35. The van der Waals surface area contributed by atoms with Crippen LogP contribution in [0.25, 0.3) is 10.8 Å². The Morgan fingerprint density at radius 2 is 1.92 bits per heavy atom. The molecule has 5 atom stereocenters. The summed E-state index contributed by atoms with van der Waals surface area (Å²) >= 11 is 11.3. The number of nitrogens with zero attached hydrogens (tertiary/aromatic N) is 2. The van der Waals surface area contributed by atoms with Gasteiger partial charge in [-0.1, -0.05) is 32.4 Å². The van der Waals surface area contributed by atoms with Gasteiger partial charge < -0.3 is 30.7 Å². The minimum atomic E-state index is -4.05. The summed E-state index contributed by atoms with van der Waals surface area (Å²) in [6, 6.07) is 2.79.